The molecule has 1 aromatic heterocycles. The minimum Gasteiger partial charge on any atom is -0.365 e. The van der Waals surface area contributed by atoms with Gasteiger partial charge in [0.1, 0.15) is 22.0 Å². The molecule has 1 amide bonds. The molecule has 186 valence electrons. The molecular weight excluding hydrogens is 494 g/mol. The average Bonchev–Trinajstić information content (AvgIpc) is 3.37. The number of rotatable bonds is 6. The summed E-state index contributed by atoms with van der Waals surface area (Å²) in [5.41, 5.74) is 3.71. The molecule has 3 aromatic carbocycles. The fourth-order valence-electron chi connectivity index (χ4n) is 4.58. The summed E-state index contributed by atoms with van der Waals surface area (Å²) in [7, 11) is -4.06. The van der Waals surface area contributed by atoms with Crippen molar-refractivity contribution in [2.75, 3.05) is 24.5 Å². The Balaban J connectivity index is 1.41. The minimum atomic E-state index is -4.06. The SMILES string of the molecule is Cc1ccc(N2CCN(C(=O)[C@@H](NS(=O)(=O)c3cccc4nsnc34)c3ccccc3)C[C@H]2C)cc1. The van der Waals surface area contributed by atoms with Crippen molar-refractivity contribution in [1.82, 2.24) is 18.4 Å². The van der Waals surface area contributed by atoms with Crippen LogP contribution < -0.4 is 9.62 Å². The Kier molecular flexibility index (Phi) is 6.74. The highest BCUT2D eigenvalue weighted by Crippen LogP contribution is 2.27. The maximum absolute atomic E-state index is 13.8. The number of aromatic nitrogens is 2. The smallest absolute Gasteiger partial charge is 0.245 e. The summed E-state index contributed by atoms with van der Waals surface area (Å²) >= 11 is 0.955. The predicted molar refractivity (Wildman–Crippen MR) is 141 cm³/mol. The third-order valence-corrected chi connectivity index (χ3v) is 8.49. The standard InChI is InChI=1S/C26H27N5O3S2/c1-18-11-13-21(14-12-18)31-16-15-30(17-19(31)2)26(32)24(20-7-4-3-5-8-20)29-36(33,34)23-10-6-9-22-25(23)28-35-27-22/h3-14,19,24,29H,15-17H2,1-2H3/t19-,24+/m1/s1. The Morgan fingerprint density at radius 1 is 1.00 bits per heavy atom. The van der Waals surface area contributed by atoms with Gasteiger partial charge in [0.05, 0.1) is 11.7 Å². The average molecular weight is 522 g/mol. The van der Waals surface area contributed by atoms with E-state index in [0.29, 0.717) is 36.2 Å². The van der Waals surface area contributed by atoms with Crippen molar-refractivity contribution in [3.63, 3.8) is 0 Å². The van der Waals surface area contributed by atoms with E-state index in [1.54, 1.807) is 41.3 Å². The Morgan fingerprint density at radius 3 is 2.47 bits per heavy atom. The van der Waals surface area contributed by atoms with E-state index in [-0.39, 0.29) is 16.8 Å². The number of hydrogen-bond acceptors (Lipinski definition) is 7. The minimum absolute atomic E-state index is 0.0139. The fraction of sp³-hybridized carbons (Fsp3) is 0.269. The topological polar surface area (TPSA) is 95.5 Å². The Hall–Kier alpha value is -3.34. The lowest BCUT2D eigenvalue weighted by Gasteiger charge is -2.42. The van der Waals surface area contributed by atoms with Crippen molar-refractivity contribution >= 4 is 44.4 Å². The van der Waals surface area contributed by atoms with Crippen LogP contribution in [-0.4, -0.2) is 53.6 Å². The van der Waals surface area contributed by atoms with Gasteiger partial charge in [0, 0.05) is 31.4 Å². The first-order valence-electron chi connectivity index (χ1n) is 11.7. The zero-order valence-electron chi connectivity index (χ0n) is 20.0. The zero-order chi connectivity index (χ0) is 25.3. The summed E-state index contributed by atoms with van der Waals surface area (Å²) in [6, 6.07) is 21.2. The summed E-state index contributed by atoms with van der Waals surface area (Å²) < 4.78 is 38.0. The number of carbonyl (C=O) groups excluding carboxylic acids is 1. The summed E-state index contributed by atoms with van der Waals surface area (Å²) in [6.07, 6.45) is 0. The molecule has 0 unspecified atom stereocenters. The number of carbonyl (C=O) groups is 1. The van der Waals surface area contributed by atoms with E-state index in [4.69, 9.17) is 0 Å². The number of hydrogen-bond donors (Lipinski definition) is 1. The summed E-state index contributed by atoms with van der Waals surface area (Å²) in [4.78, 5) is 17.9. The number of nitrogens with zero attached hydrogens (tertiary/aromatic N) is 4. The summed E-state index contributed by atoms with van der Waals surface area (Å²) in [5.74, 6) is -0.274. The van der Waals surface area contributed by atoms with Crippen molar-refractivity contribution in [2.45, 2.75) is 30.8 Å². The lowest BCUT2D eigenvalue weighted by molar-refractivity contribution is -0.133. The molecule has 4 aromatic rings. The Labute approximate surface area is 214 Å². The van der Waals surface area contributed by atoms with Gasteiger partial charge in [-0.1, -0.05) is 54.1 Å². The highest BCUT2D eigenvalue weighted by molar-refractivity contribution is 7.89. The van der Waals surface area contributed by atoms with Gasteiger partial charge >= 0.3 is 0 Å². The van der Waals surface area contributed by atoms with Crippen LogP contribution in [0.5, 0.6) is 0 Å². The molecule has 8 nitrogen and oxygen atoms in total. The van der Waals surface area contributed by atoms with Gasteiger partial charge in [-0.2, -0.15) is 13.5 Å². The van der Waals surface area contributed by atoms with E-state index in [1.165, 1.54) is 11.6 Å². The van der Waals surface area contributed by atoms with Crippen LogP contribution in [-0.2, 0) is 14.8 Å². The third-order valence-electron chi connectivity index (χ3n) is 6.50. The van der Waals surface area contributed by atoms with Crippen LogP contribution in [0.3, 0.4) is 0 Å². The van der Waals surface area contributed by atoms with Gasteiger partial charge < -0.3 is 9.80 Å². The van der Waals surface area contributed by atoms with Gasteiger partial charge in [-0.05, 0) is 43.7 Å². The number of piperazine rings is 1. The molecule has 1 aliphatic rings. The molecular formula is C26H27N5O3S2. The van der Waals surface area contributed by atoms with E-state index in [1.807, 2.05) is 6.07 Å². The van der Waals surface area contributed by atoms with Crippen LogP contribution in [0.15, 0.2) is 77.7 Å². The number of sulfonamides is 1. The molecule has 0 saturated carbocycles. The van der Waals surface area contributed by atoms with E-state index in [9.17, 15) is 13.2 Å². The fourth-order valence-corrected chi connectivity index (χ4v) is 6.53. The van der Waals surface area contributed by atoms with Crippen molar-refractivity contribution in [3.8, 4) is 0 Å². The van der Waals surface area contributed by atoms with Gasteiger partial charge in [0.2, 0.25) is 15.9 Å². The maximum atomic E-state index is 13.8. The lowest BCUT2D eigenvalue weighted by atomic mass is 10.0. The molecule has 2 atom stereocenters. The zero-order valence-corrected chi connectivity index (χ0v) is 21.7. The molecule has 5 rings (SSSR count). The number of fused-ring (bicyclic) bond motifs is 1. The van der Waals surface area contributed by atoms with Crippen LogP contribution in [0, 0.1) is 6.92 Å². The molecule has 1 N–H and O–H groups in total. The summed E-state index contributed by atoms with van der Waals surface area (Å²) in [5, 5.41) is 0. The first kappa shape index (κ1) is 24.4. The second-order valence-electron chi connectivity index (χ2n) is 9.02. The van der Waals surface area contributed by atoms with E-state index in [2.05, 4.69) is 56.5 Å². The van der Waals surface area contributed by atoms with Gasteiger partial charge in [0.15, 0.2) is 0 Å². The van der Waals surface area contributed by atoms with Crippen LogP contribution in [0.25, 0.3) is 11.0 Å². The molecule has 0 radical (unpaired) electrons. The monoisotopic (exact) mass is 521 g/mol. The second-order valence-corrected chi connectivity index (χ2v) is 11.2. The first-order chi connectivity index (χ1) is 17.3. The summed E-state index contributed by atoms with van der Waals surface area (Å²) in [6.45, 7) is 5.78. The van der Waals surface area contributed by atoms with Crippen LogP contribution in [0.2, 0.25) is 0 Å². The highest BCUT2D eigenvalue weighted by atomic mass is 32.2. The van der Waals surface area contributed by atoms with E-state index >= 15 is 0 Å². The first-order valence-corrected chi connectivity index (χ1v) is 14.0. The third kappa shape index (κ3) is 4.84. The largest absolute Gasteiger partial charge is 0.365 e. The van der Waals surface area contributed by atoms with Crippen molar-refractivity contribution in [2.24, 2.45) is 0 Å². The normalized spacial score (nSPS) is 17.3. The van der Waals surface area contributed by atoms with Crippen molar-refractivity contribution in [1.29, 1.82) is 0 Å². The maximum Gasteiger partial charge on any atom is 0.245 e. The predicted octanol–water partition coefficient (Wildman–Crippen LogP) is 3.76. The Morgan fingerprint density at radius 2 is 1.75 bits per heavy atom. The van der Waals surface area contributed by atoms with Crippen molar-refractivity contribution < 1.29 is 13.2 Å². The van der Waals surface area contributed by atoms with Crippen LogP contribution in [0.4, 0.5) is 5.69 Å². The lowest BCUT2D eigenvalue weighted by Crippen LogP contribution is -2.56. The molecule has 1 fully saturated rings. The van der Waals surface area contributed by atoms with E-state index in [0.717, 1.165) is 17.4 Å². The number of aryl methyl sites for hydroxylation is 1. The molecule has 0 spiro atoms. The second kappa shape index (κ2) is 9.96. The van der Waals surface area contributed by atoms with Crippen molar-refractivity contribution in [3.05, 3.63) is 83.9 Å². The molecule has 0 aliphatic carbocycles. The van der Waals surface area contributed by atoms with Gasteiger partial charge in [0.25, 0.3) is 0 Å². The molecule has 1 saturated heterocycles. The number of amides is 1. The Bertz CT molecular complexity index is 1470. The van der Waals surface area contributed by atoms with E-state index < -0.39 is 16.1 Å². The van der Waals surface area contributed by atoms with Crippen LogP contribution >= 0.6 is 11.7 Å². The van der Waals surface area contributed by atoms with Gasteiger partial charge in [-0.3, -0.25) is 4.79 Å². The number of benzene rings is 3. The van der Waals surface area contributed by atoms with Crippen LogP contribution in [0.1, 0.15) is 24.1 Å². The number of nitrogens with one attached hydrogen (secondary N) is 1. The molecule has 36 heavy (non-hydrogen) atoms. The van der Waals surface area contributed by atoms with Gasteiger partial charge in [-0.15, -0.1) is 0 Å². The highest BCUT2D eigenvalue weighted by Gasteiger charge is 2.35. The quantitative estimate of drug-likeness (QED) is 0.415. The van der Waals surface area contributed by atoms with Gasteiger partial charge in [-0.25, -0.2) is 8.42 Å². The number of anilines is 1. The molecule has 0 bridgehead atoms. The molecule has 1 aliphatic heterocycles. The molecule has 10 heteroatoms. The molecule has 2 heterocycles.